The average molecular weight is 531 g/mol. The minimum Gasteiger partial charge on any atom is -0.464 e. The molecule has 0 saturated carbocycles. The highest BCUT2D eigenvalue weighted by atomic mass is 19.1. The summed E-state index contributed by atoms with van der Waals surface area (Å²) in [4.78, 5) is 42.9. The molecule has 2 amide bonds. The van der Waals surface area contributed by atoms with E-state index in [0.717, 1.165) is 5.56 Å². The van der Waals surface area contributed by atoms with Gasteiger partial charge in [0.15, 0.2) is 5.43 Å². The van der Waals surface area contributed by atoms with Gasteiger partial charge in [-0.2, -0.15) is 0 Å². The molecular formula is C31H31FN2O5. The minimum atomic E-state index is -0.387. The number of rotatable bonds is 12. The van der Waals surface area contributed by atoms with Crippen molar-refractivity contribution < 1.29 is 23.1 Å². The van der Waals surface area contributed by atoms with E-state index in [1.807, 2.05) is 30.3 Å². The Morgan fingerprint density at radius 2 is 1.56 bits per heavy atom. The lowest BCUT2D eigenvalue weighted by Crippen LogP contribution is -2.44. The van der Waals surface area contributed by atoms with Gasteiger partial charge in [0.1, 0.15) is 11.4 Å². The number of para-hydroxylation sites is 1. The SMILES string of the molecule is COCCN(CC(=O)N(Cc1ccc(F)cc1)Cc1coc2ccccc2c1=O)C(=O)CCc1ccccc1. The van der Waals surface area contributed by atoms with Crippen molar-refractivity contribution in [3.63, 3.8) is 0 Å². The number of hydrogen-bond acceptors (Lipinski definition) is 5. The second-order valence-electron chi connectivity index (χ2n) is 9.26. The molecule has 0 N–H and O–H groups in total. The van der Waals surface area contributed by atoms with E-state index in [0.29, 0.717) is 28.5 Å². The monoisotopic (exact) mass is 530 g/mol. The highest BCUT2D eigenvalue weighted by Gasteiger charge is 2.23. The van der Waals surface area contributed by atoms with Crippen molar-refractivity contribution in [2.24, 2.45) is 0 Å². The molecule has 0 unspecified atom stereocenters. The zero-order valence-corrected chi connectivity index (χ0v) is 21.8. The van der Waals surface area contributed by atoms with E-state index in [1.165, 1.54) is 35.3 Å². The molecule has 4 rings (SSSR count). The van der Waals surface area contributed by atoms with E-state index in [-0.39, 0.29) is 62.3 Å². The Bertz CT molecular complexity index is 1450. The summed E-state index contributed by atoms with van der Waals surface area (Å²) in [6.45, 7) is 0.438. The zero-order chi connectivity index (χ0) is 27.6. The van der Waals surface area contributed by atoms with E-state index in [4.69, 9.17) is 9.15 Å². The molecule has 0 aliphatic heterocycles. The lowest BCUT2D eigenvalue weighted by atomic mass is 10.1. The van der Waals surface area contributed by atoms with Gasteiger partial charge in [-0.3, -0.25) is 14.4 Å². The predicted molar refractivity (Wildman–Crippen MR) is 146 cm³/mol. The zero-order valence-electron chi connectivity index (χ0n) is 21.8. The van der Waals surface area contributed by atoms with Crippen molar-refractivity contribution in [2.45, 2.75) is 25.9 Å². The van der Waals surface area contributed by atoms with Crippen LogP contribution in [-0.4, -0.2) is 48.4 Å². The smallest absolute Gasteiger partial charge is 0.242 e. The van der Waals surface area contributed by atoms with Crippen LogP contribution in [0.5, 0.6) is 0 Å². The topological polar surface area (TPSA) is 80.1 Å². The third kappa shape index (κ3) is 7.61. The molecule has 0 aliphatic carbocycles. The number of halogens is 1. The second kappa shape index (κ2) is 13.5. The maximum absolute atomic E-state index is 13.6. The summed E-state index contributed by atoms with van der Waals surface area (Å²) in [6.07, 6.45) is 2.16. The van der Waals surface area contributed by atoms with E-state index in [1.54, 1.807) is 36.4 Å². The van der Waals surface area contributed by atoms with Gasteiger partial charge in [0.25, 0.3) is 0 Å². The van der Waals surface area contributed by atoms with Crippen LogP contribution in [0.3, 0.4) is 0 Å². The summed E-state index contributed by atoms with van der Waals surface area (Å²) in [5.41, 5.74) is 2.25. The van der Waals surface area contributed by atoms with Crippen LogP contribution >= 0.6 is 0 Å². The maximum Gasteiger partial charge on any atom is 0.242 e. The molecular weight excluding hydrogens is 499 g/mol. The summed E-state index contributed by atoms with van der Waals surface area (Å²) < 4.78 is 24.3. The highest BCUT2D eigenvalue weighted by molar-refractivity contribution is 5.85. The molecule has 3 aromatic carbocycles. The number of ether oxygens (including phenoxy) is 1. The molecule has 1 heterocycles. The third-order valence-corrected chi connectivity index (χ3v) is 6.47. The number of carbonyl (C=O) groups is 2. The van der Waals surface area contributed by atoms with Crippen LogP contribution < -0.4 is 5.43 Å². The highest BCUT2D eigenvalue weighted by Crippen LogP contribution is 2.15. The van der Waals surface area contributed by atoms with Gasteiger partial charge in [0, 0.05) is 26.6 Å². The normalized spacial score (nSPS) is 10.9. The fraction of sp³-hybridized carbons (Fsp3) is 0.258. The van der Waals surface area contributed by atoms with Crippen LogP contribution in [0, 0.1) is 5.82 Å². The van der Waals surface area contributed by atoms with Crippen molar-refractivity contribution in [2.75, 3.05) is 26.8 Å². The summed E-state index contributed by atoms with van der Waals surface area (Å²) in [5, 5.41) is 0.419. The maximum atomic E-state index is 13.6. The van der Waals surface area contributed by atoms with E-state index >= 15 is 0 Å². The number of amides is 2. The van der Waals surface area contributed by atoms with Gasteiger partial charge >= 0.3 is 0 Å². The van der Waals surface area contributed by atoms with Gasteiger partial charge in [-0.15, -0.1) is 0 Å². The Kier molecular flexibility index (Phi) is 9.58. The van der Waals surface area contributed by atoms with Crippen molar-refractivity contribution >= 4 is 22.8 Å². The Morgan fingerprint density at radius 1 is 0.846 bits per heavy atom. The molecule has 0 radical (unpaired) electrons. The molecule has 0 bridgehead atoms. The van der Waals surface area contributed by atoms with Crippen molar-refractivity contribution in [3.8, 4) is 0 Å². The Balaban J connectivity index is 1.55. The quantitative estimate of drug-likeness (QED) is 0.268. The van der Waals surface area contributed by atoms with Crippen molar-refractivity contribution in [1.82, 2.24) is 9.80 Å². The largest absolute Gasteiger partial charge is 0.464 e. The standard InChI is InChI=1S/C31H31FN2O5/c1-38-18-17-33(29(35)16-13-23-7-3-2-4-8-23)21-30(36)34(19-24-11-14-26(32)15-12-24)20-25-22-39-28-10-6-5-9-27(28)31(25)37/h2-12,14-15,22H,13,16-21H2,1H3. The predicted octanol–water partition coefficient (Wildman–Crippen LogP) is 4.57. The van der Waals surface area contributed by atoms with E-state index in [2.05, 4.69) is 0 Å². The molecule has 0 fully saturated rings. The number of carbonyl (C=O) groups excluding carboxylic acids is 2. The Morgan fingerprint density at radius 3 is 2.31 bits per heavy atom. The fourth-order valence-electron chi connectivity index (χ4n) is 4.29. The lowest BCUT2D eigenvalue weighted by Gasteiger charge is -2.28. The fourth-order valence-corrected chi connectivity index (χ4v) is 4.29. The Hall–Kier alpha value is -4.30. The first-order valence-corrected chi connectivity index (χ1v) is 12.8. The molecule has 0 atom stereocenters. The van der Waals surface area contributed by atoms with E-state index in [9.17, 15) is 18.8 Å². The van der Waals surface area contributed by atoms with Gasteiger partial charge in [0.2, 0.25) is 11.8 Å². The Labute approximate surface area is 226 Å². The third-order valence-electron chi connectivity index (χ3n) is 6.47. The molecule has 0 spiro atoms. The van der Waals surface area contributed by atoms with Gasteiger partial charge in [0.05, 0.1) is 36.9 Å². The van der Waals surface area contributed by atoms with Crippen molar-refractivity contribution in [3.05, 3.63) is 118 Å². The van der Waals surface area contributed by atoms with Crippen LogP contribution in [0.15, 0.2) is 94.3 Å². The number of benzene rings is 3. The summed E-state index contributed by atoms with van der Waals surface area (Å²) in [7, 11) is 1.54. The van der Waals surface area contributed by atoms with Crippen LogP contribution in [0.4, 0.5) is 4.39 Å². The minimum absolute atomic E-state index is 0.0281. The number of hydrogen-bond donors (Lipinski definition) is 0. The second-order valence-corrected chi connectivity index (χ2v) is 9.26. The van der Waals surface area contributed by atoms with Crippen LogP contribution in [0.2, 0.25) is 0 Å². The first kappa shape index (κ1) is 27.7. The van der Waals surface area contributed by atoms with Crippen molar-refractivity contribution in [1.29, 1.82) is 0 Å². The van der Waals surface area contributed by atoms with E-state index < -0.39 is 0 Å². The number of nitrogens with zero attached hydrogens (tertiary/aromatic N) is 2. The summed E-state index contributed by atoms with van der Waals surface area (Å²) >= 11 is 0. The van der Waals surface area contributed by atoms with Gasteiger partial charge < -0.3 is 19.0 Å². The molecule has 4 aromatic rings. The molecule has 202 valence electrons. The van der Waals surface area contributed by atoms with Crippen LogP contribution in [-0.2, 0) is 33.8 Å². The van der Waals surface area contributed by atoms with Crippen LogP contribution in [0.1, 0.15) is 23.1 Å². The molecule has 7 nitrogen and oxygen atoms in total. The summed E-state index contributed by atoms with van der Waals surface area (Å²) in [5.74, 6) is -0.909. The molecule has 39 heavy (non-hydrogen) atoms. The number of aryl methyl sites for hydroxylation is 1. The van der Waals surface area contributed by atoms with Gasteiger partial charge in [-0.1, -0.05) is 54.6 Å². The molecule has 0 aliphatic rings. The molecule has 1 aromatic heterocycles. The van der Waals surface area contributed by atoms with Gasteiger partial charge in [-0.25, -0.2) is 4.39 Å². The van der Waals surface area contributed by atoms with Crippen LogP contribution in [0.25, 0.3) is 11.0 Å². The number of methoxy groups -OCH3 is 1. The number of fused-ring (bicyclic) bond motifs is 1. The first-order valence-electron chi connectivity index (χ1n) is 12.8. The molecule has 0 saturated heterocycles. The molecule has 8 heteroatoms. The lowest BCUT2D eigenvalue weighted by molar-refractivity contribution is -0.141. The average Bonchev–Trinajstić information content (AvgIpc) is 2.96. The van der Waals surface area contributed by atoms with Gasteiger partial charge in [-0.05, 0) is 41.8 Å². The summed E-state index contributed by atoms with van der Waals surface area (Å²) in [6, 6.07) is 22.4. The first-order chi connectivity index (χ1) is 18.9.